The highest BCUT2D eigenvalue weighted by Crippen LogP contribution is 2.26. The van der Waals surface area contributed by atoms with Gasteiger partial charge in [-0.05, 0) is 25.5 Å². The first-order valence-corrected chi connectivity index (χ1v) is 10.6. The second-order valence-corrected chi connectivity index (χ2v) is 7.79. The Labute approximate surface area is 178 Å². The van der Waals surface area contributed by atoms with Crippen molar-refractivity contribution < 1.29 is 14.0 Å². The molecule has 1 unspecified atom stereocenters. The summed E-state index contributed by atoms with van der Waals surface area (Å²) in [6, 6.07) is 15.3. The molecule has 1 heterocycles. The summed E-state index contributed by atoms with van der Waals surface area (Å²) in [5, 5.41) is 11.9. The number of nitrogens with zero attached hydrogens (tertiary/aromatic N) is 3. The van der Waals surface area contributed by atoms with Gasteiger partial charge in [0.05, 0.1) is 5.56 Å². The van der Waals surface area contributed by atoms with Crippen molar-refractivity contribution >= 4 is 28.3 Å². The van der Waals surface area contributed by atoms with Crippen LogP contribution in [0, 0.1) is 5.82 Å². The number of benzene rings is 2. The van der Waals surface area contributed by atoms with Crippen LogP contribution in [-0.4, -0.2) is 39.5 Å². The molecule has 1 N–H and O–H groups in total. The predicted octanol–water partition coefficient (Wildman–Crippen LogP) is 4.61. The van der Waals surface area contributed by atoms with Crippen LogP contribution in [0.5, 0.6) is 0 Å². The van der Waals surface area contributed by atoms with E-state index >= 15 is 0 Å². The molecule has 2 aromatic carbocycles. The average molecular weight is 427 g/mol. The van der Waals surface area contributed by atoms with Gasteiger partial charge in [-0.2, -0.15) is 0 Å². The van der Waals surface area contributed by atoms with Crippen LogP contribution in [0.4, 0.5) is 9.52 Å². The number of aromatic nitrogens is 2. The minimum atomic E-state index is -0.567. The van der Waals surface area contributed by atoms with Crippen LogP contribution in [0.3, 0.4) is 0 Å². The molecular weight excluding hydrogens is 403 g/mol. The Balaban J connectivity index is 1.63. The molecule has 0 radical (unpaired) electrons. The van der Waals surface area contributed by atoms with Gasteiger partial charge in [-0.3, -0.25) is 9.59 Å². The van der Waals surface area contributed by atoms with Crippen LogP contribution >= 0.6 is 11.3 Å². The number of rotatable bonds is 8. The van der Waals surface area contributed by atoms with Gasteiger partial charge < -0.3 is 10.2 Å². The second kappa shape index (κ2) is 10.1. The number of amides is 2. The highest BCUT2D eigenvalue weighted by atomic mass is 32.1. The van der Waals surface area contributed by atoms with Crippen LogP contribution in [0.1, 0.15) is 37.0 Å². The summed E-state index contributed by atoms with van der Waals surface area (Å²) in [5.74, 6) is -1.26. The summed E-state index contributed by atoms with van der Waals surface area (Å²) in [5.41, 5.74) is 0.934. The second-order valence-electron chi connectivity index (χ2n) is 6.81. The van der Waals surface area contributed by atoms with E-state index in [4.69, 9.17) is 0 Å². The minimum absolute atomic E-state index is 0.00911. The van der Waals surface area contributed by atoms with Crippen molar-refractivity contribution in [3.63, 3.8) is 0 Å². The third-order valence-electron chi connectivity index (χ3n) is 4.76. The first-order valence-electron chi connectivity index (χ1n) is 9.74. The highest BCUT2D eigenvalue weighted by Gasteiger charge is 2.23. The van der Waals surface area contributed by atoms with E-state index in [-0.39, 0.29) is 30.5 Å². The van der Waals surface area contributed by atoms with E-state index in [2.05, 4.69) is 15.5 Å². The zero-order chi connectivity index (χ0) is 21.5. The Kier molecular flexibility index (Phi) is 7.24. The van der Waals surface area contributed by atoms with Gasteiger partial charge in [0, 0.05) is 24.6 Å². The van der Waals surface area contributed by atoms with E-state index in [1.54, 1.807) is 12.1 Å². The van der Waals surface area contributed by atoms with Gasteiger partial charge in [-0.1, -0.05) is 60.7 Å². The fourth-order valence-electron chi connectivity index (χ4n) is 2.91. The Morgan fingerprint density at radius 3 is 2.50 bits per heavy atom. The zero-order valence-electron chi connectivity index (χ0n) is 16.8. The van der Waals surface area contributed by atoms with Crippen molar-refractivity contribution in [3.8, 4) is 10.6 Å². The molecule has 6 nitrogen and oxygen atoms in total. The SMILES string of the molecule is CCC(C)N(CCC(=O)Nc1nnc(-c2ccccc2)s1)C(=O)c1ccccc1F. The normalized spacial score (nSPS) is 11.7. The number of carbonyl (C=O) groups is 2. The number of nitrogens with one attached hydrogen (secondary N) is 1. The fourth-order valence-corrected chi connectivity index (χ4v) is 3.67. The maximum atomic E-state index is 14.1. The van der Waals surface area contributed by atoms with Gasteiger partial charge >= 0.3 is 0 Å². The smallest absolute Gasteiger partial charge is 0.257 e. The molecule has 0 saturated heterocycles. The lowest BCUT2D eigenvalue weighted by atomic mass is 10.1. The molecule has 1 aromatic heterocycles. The molecule has 30 heavy (non-hydrogen) atoms. The van der Waals surface area contributed by atoms with Gasteiger partial charge in [-0.25, -0.2) is 4.39 Å². The van der Waals surface area contributed by atoms with Crippen molar-refractivity contribution in [2.24, 2.45) is 0 Å². The molecule has 0 aliphatic carbocycles. The highest BCUT2D eigenvalue weighted by molar-refractivity contribution is 7.18. The van der Waals surface area contributed by atoms with Crippen LogP contribution in [-0.2, 0) is 4.79 Å². The van der Waals surface area contributed by atoms with E-state index in [1.807, 2.05) is 44.2 Å². The van der Waals surface area contributed by atoms with Gasteiger partial charge in [0.2, 0.25) is 11.0 Å². The van der Waals surface area contributed by atoms with E-state index in [0.717, 1.165) is 5.56 Å². The van der Waals surface area contributed by atoms with E-state index < -0.39 is 11.7 Å². The summed E-state index contributed by atoms with van der Waals surface area (Å²) in [4.78, 5) is 26.8. The summed E-state index contributed by atoms with van der Waals surface area (Å²) in [6.07, 6.45) is 0.767. The molecule has 0 bridgehead atoms. The lowest BCUT2D eigenvalue weighted by Gasteiger charge is -2.28. The molecule has 1 atom stereocenters. The Bertz CT molecular complexity index is 1010. The average Bonchev–Trinajstić information content (AvgIpc) is 3.22. The molecule has 0 aliphatic rings. The van der Waals surface area contributed by atoms with Crippen molar-refractivity contribution in [2.45, 2.75) is 32.7 Å². The monoisotopic (exact) mass is 426 g/mol. The molecule has 0 spiro atoms. The molecule has 2 amide bonds. The van der Waals surface area contributed by atoms with Gasteiger partial charge in [0.15, 0.2) is 0 Å². The van der Waals surface area contributed by atoms with E-state index in [9.17, 15) is 14.0 Å². The topological polar surface area (TPSA) is 75.2 Å². The maximum absolute atomic E-state index is 14.1. The van der Waals surface area contributed by atoms with Gasteiger partial charge in [0.1, 0.15) is 10.8 Å². The summed E-state index contributed by atoms with van der Waals surface area (Å²) in [7, 11) is 0. The molecule has 156 valence electrons. The van der Waals surface area contributed by atoms with E-state index in [0.29, 0.717) is 16.6 Å². The lowest BCUT2D eigenvalue weighted by Crippen LogP contribution is -2.40. The van der Waals surface area contributed by atoms with Crippen LogP contribution in [0.25, 0.3) is 10.6 Å². The molecule has 0 saturated carbocycles. The van der Waals surface area contributed by atoms with Crippen LogP contribution < -0.4 is 5.32 Å². The predicted molar refractivity (Wildman–Crippen MR) is 116 cm³/mol. The maximum Gasteiger partial charge on any atom is 0.257 e. The molecule has 0 fully saturated rings. The van der Waals surface area contributed by atoms with Crippen molar-refractivity contribution in [1.82, 2.24) is 15.1 Å². The fraction of sp³-hybridized carbons (Fsp3) is 0.273. The number of carbonyl (C=O) groups excluding carboxylic acids is 2. The Morgan fingerprint density at radius 2 is 1.80 bits per heavy atom. The number of halogens is 1. The van der Waals surface area contributed by atoms with Crippen LogP contribution in [0.15, 0.2) is 54.6 Å². The van der Waals surface area contributed by atoms with Gasteiger partial charge in [-0.15, -0.1) is 10.2 Å². The number of hydrogen-bond donors (Lipinski definition) is 1. The number of hydrogen-bond acceptors (Lipinski definition) is 5. The minimum Gasteiger partial charge on any atom is -0.335 e. The molecule has 0 aliphatic heterocycles. The molecular formula is C22H23FN4O2S. The summed E-state index contributed by atoms with van der Waals surface area (Å²) in [6.45, 7) is 4.00. The molecule has 3 aromatic rings. The molecule has 8 heteroatoms. The lowest BCUT2D eigenvalue weighted by molar-refractivity contribution is -0.116. The quantitative estimate of drug-likeness (QED) is 0.571. The van der Waals surface area contributed by atoms with Crippen molar-refractivity contribution in [3.05, 3.63) is 66.0 Å². The first kappa shape index (κ1) is 21.6. The number of anilines is 1. The van der Waals surface area contributed by atoms with Gasteiger partial charge in [0.25, 0.3) is 5.91 Å². The summed E-state index contributed by atoms with van der Waals surface area (Å²) < 4.78 is 14.1. The third kappa shape index (κ3) is 5.27. The Hall–Kier alpha value is -3.13. The first-order chi connectivity index (χ1) is 14.5. The van der Waals surface area contributed by atoms with Crippen molar-refractivity contribution in [2.75, 3.05) is 11.9 Å². The van der Waals surface area contributed by atoms with Crippen LogP contribution in [0.2, 0.25) is 0 Å². The summed E-state index contributed by atoms with van der Waals surface area (Å²) >= 11 is 1.28. The Morgan fingerprint density at radius 1 is 1.10 bits per heavy atom. The largest absolute Gasteiger partial charge is 0.335 e. The third-order valence-corrected chi connectivity index (χ3v) is 5.65. The standard InChI is InChI=1S/C22H23FN4O2S/c1-3-15(2)27(21(29)17-11-7-8-12-18(17)23)14-13-19(28)24-22-26-25-20(30-22)16-9-5-4-6-10-16/h4-12,15H,3,13-14H2,1-2H3,(H,24,26,28). The molecule has 3 rings (SSSR count). The van der Waals surface area contributed by atoms with Crippen molar-refractivity contribution in [1.29, 1.82) is 0 Å². The van der Waals surface area contributed by atoms with E-state index in [1.165, 1.54) is 28.4 Å². The zero-order valence-corrected chi connectivity index (χ0v) is 17.7.